The average Bonchev–Trinajstić information content (AvgIpc) is 3.23. The van der Waals surface area contributed by atoms with E-state index in [1.165, 1.54) is 23.1 Å². The first kappa shape index (κ1) is 18.4. The van der Waals surface area contributed by atoms with Crippen molar-refractivity contribution in [2.24, 2.45) is 0 Å². The van der Waals surface area contributed by atoms with Gasteiger partial charge < -0.3 is 14.5 Å². The number of thiazole rings is 1. The number of nitrogens with one attached hydrogen (secondary N) is 1. The molecule has 26 heavy (non-hydrogen) atoms. The number of anilines is 1. The Kier molecular flexibility index (Phi) is 5.89. The Morgan fingerprint density at radius 3 is 2.92 bits per heavy atom. The molecule has 9 heteroatoms. The van der Waals surface area contributed by atoms with Crippen LogP contribution in [0.4, 0.5) is 5.13 Å². The molecule has 0 aliphatic rings. The van der Waals surface area contributed by atoms with Crippen molar-refractivity contribution < 1.29 is 13.9 Å². The van der Waals surface area contributed by atoms with E-state index in [-0.39, 0.29) is 18.3 Å². The molecule has 3 rings (SSSR count). The van der Waals surface area contributed by atoms with Gasteiger partial charge >= 0.3 is 0 Å². The zero-order valence-electron chi connectivity index (χ0n) is 14.6. The van der Waals surface area contributed by atoms with Gasteiger partial charge in [0.05, 0.1) is 11.4 Å². The molecule has 0 radical (unpaired) electrons. The van der Waals surface area contributed by atoms with Crippen LogP contribution in [0.5, 0.6) is 5.75 Å². The van der Waals surface area contributed by atoms with E-state index in [4.69, 9.17) is 9.15 Å². The summed E-state index contributed by atoms with van der Waals surface area (Å²) in [7, 11) is 0. The van der Waals surface area contributed by atoms with Gasteiger partial charge in [-0.05, 0) is 38.0 Å². The molecule has 0 saturated heterocycles. The van der Waals surface area contributed by atoms with Gasteiger partial charge in [-0.25, -0.2) is 4.98 Å². The third kappa shape index (κ3) is 5.06. The van der Waals surface area contributed by atoms with Crippen LogP contribution in [-0.4, -0.2) is 26.8 Å². The Balaban J connectivity index is 1.48. The first-order chi connectivity index (χ1) is 12.5. The molecule has 0 unspecified atom stereocenters. The number of aryl methyl sites for hydroxylation is 3. The minimum absolute atomic E-state index is 0.165. The molecular weight excluding hydrogens is 372 g/mol. The zero-order valence-corrected chi connectivity index (χ0v) is 16.2. The molecule has 0 atom stereocenters. The smallest absolute Gasteiger partial charge is 0.277 e. The van der Waals surface area contributed by atoms with Gasteiger partial charge in [0.1, 0.15) is 5.75 Å². The summed E-state index contributed by atoms with van der Waals surface area (Å²) >= 11 is 2.56. The molecule has 0 saturated carbocycles. The average molecular weight is 390 g/mol. The van der Waals surface area contributed by atoms with Crippen LogP contribution in [0.15, 0.2) is 33.2 Å². The van der Waals surface area contributed by atoms with Crippen LogP contribution < -0.4 is 10.1 Å². The summed E-state index contributed by atoms with van der Waals surface area (Å²) in [6.07, 6.45) is 0. The number of amides is 1. The van der Waals surface area contributed by atoms with E-state index in [0.29, 0.717) is 16.2 Å². The minimum Gasteiger partial charge on any atom is -0.484 e. The summed E-state index contributed by atoms with van der Waals surface area (Å²) in [5.41, 5.74) is 3.04. The predicted molar refractivity (Wildman–Crippen MR) is 101 cm³/mol. The molecule has 0 spiro atoms. The molecule has 1 amide bonds. The van der Waals surface area contributed by atoms with Crippen LogP contribution in [0.25, 0.3) is 0 Å². The highest BCUT2D eigenvalue weighted by atomic mass is 32.2. The number of thioether (sulfide) groups is 1. The third-order valence-corrected chi connectivity index (χ3v) is 5.03. The number of hydrogen-bond acceptors (Lipinski definition) is 8. The number of ether oxygens (including phenoxy) is 1. The maximum absolute atomic E-state index is 11.9. The Bertz CT molecular complexity index is 907. The number of carbonyl (C=O) groups excluding carboxylic acids is 1. The summed E-state index contributed by atoms with van der Waals surface area (Å²) in [6, 6.07) is 6.00. The van der Waals surface area contributed by atoms with Gasteiger partial charge in [-0.3, -0.25) is 4.79 Å². The highest BCUT2D eigenvalue weighted by Gasteiger charge is 2.12. The van der Waals surface area contributed by atoms with Crippen LogP contribution in [0, 0.1) is 20.8 Å². The fraction of sp³-hybridized carbons (Fsp3) is 0.294. The summed E-state index contributed by atoms with van der Waals surface area (Å²) in [4.78, 5) is 16.1. The summed E-state index contributed by atoms with van der Waals surface area (Å²) < 4.78 is 11.2. The highest BCUT2D eigenvalue weighted by Crippen LogP contribution is 2.22. The van der Waals surface area contributed by atoms with Crippen molar-refractivity contribution in [2.45, 2.75) is 32.6 Å². The Morgan fingerprint density at radius 2 is 2.15 bits per heavy atom. The molecule has 0 aliphatic carbocycles. The Morgan fingerprint density at radius 1 is 1.31 bits per heavy atom. The van der Waals surface area contributed by atoms with Crippen LogP contribution in [0.1, 0.15) is 22.7 Å². The lowest BCUT2D eigenvalue weighted by atomic mass is 10.1. The first-order valence-corrected chi connectivity index (χ1v) is 9.73. The first-order valence-electron chi connectivity index (χ1n) is 7.87. The van der Waals surface area contributed by atoms with E-state index in [0.717, 1.165) is 22.6 Å². The fourth-order valence-electron chi connectivity index (χ4n) is 2.05. The second-order valence-electron chi connectivity index (χ2n) is 5.65. The molecular formula is C17H18N4O3S2. The van der Waals surface area contributed by atoms with E-state index < -0.39 is 0 Å². The number of rotatable bonds is 7. The lowest BCUT2D eigenvalue weighted by Crippen LogP contribution is -2.13. The third-order valence-electron chi connectivity index (χ3n) is 3.34. The van der Waals surface area contributed by atoms with Gasteiger partial charge in [0.2, 0.25) is 5.91 Å². The fourth-order valence-corrected chi connectivity index (χ4v) is 3.34. The predicted octanol–water partition coefficient (Wildman–Crippen LogP) is 3.76. The quantitative estimate of drug-likeness (QED) is 0.614. The Hall–Kier alpha value is -2.39. The molecule has 2 aromatic heterocycles. The van der Waals surface area contributed by atoms with Crippen LogP contribution in [-0.2, 0) is 11.4 Å². The number of benzene rings is 1. The minimum atomic E-state index is -0.171. The Labute approximate surface area is 159 Å². The van der Waals surface area contributed by atoms with Crippen molar-refractivity contribution in [3.8, 4) is 5.75 Å². The number of aromatic nitrogens is 3. The molecule has 2 heterocycles. The second kappa shape index (κ2) is 8.33. The van der Waals surface area contributed by atoms with Gasteiger partial charge in [-0.2, -0.15) is 0 Å². The summed E-state index contributed by atoms with van der Waals surface area (Å²) in [5, 5.41) is 13.4. The van der Waals surface area contributed by atoms with Gasteiger partial charge in [0.25, 0.3) is 11.1 Å². The number of hydrogen-bond donors (Lipinski definition) is 1. The molecule has 1 N–H and O–H groups in total. The standard InChI is InChI=1S/C17H18N4O3S2/c1-10-4-5-11(2)13(6-10)23-7-15-20-21-17(24-15)26-9-14(22)19-16-18-12(3)8-25-16/h4-6,8H,7,9H2,1-3H3,(H,18,19,22). The zero-order chi connectivity index (χ0) is 18.5. The van der Waals surface area contributed by atoms with Crippen LogP contribution >= 0.6 is 23.1 Å². The molecule has 1 aromatic carbocycles. The largest absolute Gasteiger partial charge is 0.484 e. The van der Waals surface area contributed by atoms with E-state index in [9.17, 15) is 4.79 Å². The van der Waals surface area contributed by atoms with Crippen LogP contribution in [0.2, 0.25) is 0 Å². The summed E-state index contributed by atoms with van der Waals surface area (Å²) in [6.45, 7) is 6.04. The van der Waals surface area contributed by atoms with Crippen molar-refractivity contribution in [3.63, 3.8) is 0 Å². The van der Waals surface area contributed by atoms with Gasteiger partial charge in [0.15, 0.2) is 11.7 Å². The topological polar surface area (TPSA) is 90.1 Å². The maximum Gasteiger partial charge on any atom is 0.277 e. The molecule has 3 aromatic rings. The molecule has 0 aliphatic heterocycles. The SMILES string of the molecule is Cc1ccc(C)c(OCc2nnc(SCC(=O)Nc3nc(C)cs3)o2)c1. The second-order valence-corrected chi connectivity index (χ2v) is 7.43. The summed E-state index contributed by atoms with van der Waals surface area (Å²) in [5.74, 6) is 1.15. The normalized spacial score (nSPS) is 10.7. The van der Waals surface area contributed by atoms with Crippen LogP contribution in [0.3, 0.4) is 0 Å². The van der Waals surface area contributed by atoms with Crippen molar-refractivity contribution in [1.82, 2.24) is 15.2 Å². The maximum atomic E-state index is 11.9. The molecule has 0 fully saturated rings. The monoisotopic (exact) mass is 390 g/mol. The van der Waals surface area contributed by atoms with Gasteiger partial charge in [0, 0.05) is 5.38 Å². The molecule has 7 nitrogen and oxygen atoms in total. The van der Waals surface area contributed by atoms with E-state index in [1.54, 1.807) is 0 Å². The number of carbonyl (C=O) groups is 1. The molecule has 0 bridgehead atoms. The van der Waals surface area contributed by atoms with E-state index >= 15 is 0 Å². The van der Waals surface area contributed by atoms with Gasteiger partial charge in [-0.15, -0.1) is 21.5 Å². The van der Waals surface area contributed by atoms with Crippen molar-refractivity contribution in [1.29, 1.82) is 0 Å². The van der Waals surface area contributed by atoms with Gasteiger partial charge in [-0.1, -0.05) is 23.9 Å². The van der Waals surface area contributed by atoms with Crippen molar-refractivity contribution in [2.75, 3.05) is 11.1 Å². The lowest BCUT2D eigenvalue weighted by molar-refractivity contribution is -0.113. The highest BCUT2D eigenvalue weighted by molar-refractivity contribution is 7.99. The van der Waals surface area contributed by atoms with Crippen molar-refractivity contribution in [3.05, 3.63) is 46.3 Å². The number of nitrogens with zero attached hydrogens (tertiary/aromatic N) is 3. The molecule has 136 valence electrons. The van der Waals surface area contributed by atoms with E-state index in [1.807, 2.05) is 44.4 Å². The lowest BCUT2D eigenvalue weighted by Gasteiger charge is -2.07. The van der Waals surface area contributed by atoms with E-state index in [2.05, 4.69) is 20.5 Å². The van der Waals surface area contributed by atoms with Crippen molar-refractivity contribution >= 4 is 34.1 Å².